The van der Waals surface area contributed by atoms with Crippen molar-refractivity contribution in [1.82, 2.24) is 0 Å². The third-order valence-corrected chi connectivity index (χ3v) is 13.4. The van der Waals surface area contributed by atoms with Crippen LogP contribution in [0.1, 0.15) is 117 Å². The zero-order valence-electron chi connectivity index (χ0n) is 33.3. The third-order valence-electron chi connectivity index (χ3n) is 12.3. The molecule has 5 aromatic carbocycles. The third kappa shape index (κ3) is 8.77. The Morgan fingerprint density at radius 1 is 0.500 bits per heavy atom. The van der Waals surface area contributed by atoms with E-state index in [0.717, 1.165) is 8.95 Å². The van der Waals surface area contributed by atoms with Crippen LogP contribution in [-0.4, -0.2) is 35.1 Å². The highest BCUT2D eigenvalue weighted by Crippen LogP contribution is 2.57. The molecular weight excluding hydrogens is 888 g/mol. The van der Waals surface area contributed by atoms with E-state index in [1.165, 1.54) is 0 Å². The van der Waals surface area contributed by atoms with Crippen LogP contribution in [0.3, 0.4) is 0 Å². The number of ketones is 4. The van der Waals surface area contributed by atoms with Gasteiger partial charge in [0.2, 0.25) is 0 Å². The molecule has 0 N–H and O–H groups in total. The second kappa shape index (κ2) is 18.1. The number of halogens is 2. The molecule has 4 aliphatic rings. The second-order valence-electron chi connectivity index (χ2n) is 16.3. The minimum Gasteiger partial charge on any atom is -0.453 e. The van der Waals surface area contributed by atoms with E-state index >= 15 is 0 Å². The maximum absolute atomic E-state index is 13.0. The van der Waals surface area contributed by atoms with Crippen LogP contribution in [-0.2, 0) is 19.1 Å². The lowest BCUT2D eigenvalue weighted by Gasteiger charge is -2.48. The van der Waals surface area contributed by atoms with Gasteiger partial charge in [-0.2, -0.15) is 0 Å². The summed E-state index contributed by atoms with van der Waals surface area (Å²) in [5.41, 5.74) is 2.04. The maximum atomic E-state index is 13.0. The first kappa shape index (κ1) is 42.8. The number of rotatable bonds is 4. The van der Waals surface area contributed by atoms with Crippen LogP contribution >= 0.6 is 31.9 Å². The first-order valence-corrected chi connectivity index (χ1v) is 21.6. The van der Waals surface area contributed by atoms with Crippen LogP contribution in [0.4, 0.5) is 0 Å². The molecule has 0 unspecified atom stereocenters. The molecule has 0 bridgehead atoms. The summed E-state index contributed by atoms with van der Waals surface area (Å²) in [5, 5.41) is 0. The molecule has 0 saturated heterocycles. The molecule has 9 rings (SSSR count). The Bertz CT molecular complexity index is 2250. The topological polar surface area (TPSA) is 121 Å². The Kier molecular flexibility index (Phi) is 12.9. The molecule has 60 heavy (non-hydrogen) atoms. The summed E-state index contributed by atoms with van der Waals surface area (Å²) in [5.74, 6) is -1.19. The minimum atomic E-state index is -0.716. The van der Waals surface area contributed by atoms with Crippen LogP contribution in [0.5, 0.6) is 0 Å². The fourth-order valence-corrected chi connectivity index (χ4v) is 9.77. The maximum Gasteiger partial charge on any atom is 0.338 e. The van der Waals surface area contributed by atoms with Crippen molar-refractivity contribution in [3.63, 3.8) is 0 Å². The fourth-order valence-electron chi connectivity index (χ4n) is 9.24. The fraction of sp³-hybridized carbons (Fsp3) is 0.280. The number of ether oxygens (including phenoxy) is 2. The first-order chi connectivity index (χ1) is 28.8. The Labute approximate surface area is 366 Å². The van der Waals surface area contributed by atoms with Gasteiger partial charge in [-0.15, -0.1) is 0 Å². The van der Waals surface area contributed by atoms with Gasteiger partial charge in [-0.25, -0.2) is 9.59 Å². The molecule has 6 atom stereocenters. The predicted molar refractivity (Wildman–Crippen MR) is 233 cm³/mol. The van der Waals surface area contributed by atoms with Gasteiger partial charge in [-0.1, -0.05) is 131 Å². The molecule has 10 heteroatoms. The lowest BCUT2D eigenvalue weighted by molar-refractivity contribution is -0.131. The largest absolute Gasteiger partial charge is 0.453 e. The summed E-state index contributed by atoms with van der Waals surface area (Å²) in [6.45, 7) is 3.81. The Hall–Kier alpha value is -5.32. The van der Waals surface area contributed by atoms with Gasteiger partial charge in [0, 0.05) is 79.5 Å². The SMILES string of the molecule is C[C@@]12CC(=O)CC[C@@H]1C(=O)c1ccccc1[C@@H]2OC(=O)c1ccc(Br)cc1.C[C@@]12CC(=O)CC[C@@H]1C(=O)c1ccccc1[C@@H]2OC(=O)c1ccc(Br)cc1.c1ccccc1. The van der Waals surface area contributed by atoms with Crippen LogP contribution in [0.2, 0.25) is 0 Å². The Morgan fingerprint density at radius 2 is 0.833 bits per heavy atom. The van der Waals surface area contributed by atoms with Gasteiger partial charge in [0.05, 0.1) is 11.1 Å². The van der Waals surface area contributed by atoms with Crippen LogP contribution < -0.4 is 0 Å². The molecule has 0 aromatic heterocycles. The highest BCUT2D eigenvalue weighted by Gasteiger charge is 2.56. The molecule has 5 aromatic rings. The molecule has 8 nitrogen and oxygen atoms in total. The number of benzene rings is 5. The standard InChI is InChI=1S/2C22H19BrO4.C6H6/c2*1-22-12-15(24)10-11-18(22)19(25)16-4-2-3-5-17(16)20(22)27-21(26)13-6-8-14(23)9-7-13;1-2-4-6-5-3-1/h2*2-9,18,20H,10-12H2,1H3;1-6H/t2*18-,20+,22-;/m11./s1. The van der Waals surface area contributed by atoms with Gasteiger partial charge >= 0.3 is 11.9 Å². The summed E-state index contributed by atoms with van der Waals surface area (Å²) < 4.78 is 13.7. The summed E-state index contributed by atoms with van der Waals surface area (Å²) >= 11 is 6.71. The van der Waals surface area contributed by atoms with E-state index < -0.39 is 35.0 Å². The van der Waals surface area contributed by atoms with Crippen LogP contribution in [0, 0.1) is 22.7 Å². The average Bonchev–Trinajstić information content (AvgIpc) is 3.25. The molecular formula is C50H44Br2O8. The van der Waals surface area contributed by atoms with E-state index in [4.69, 9.17) is 9.47 Å². The van der Waals surface area contributed by atoms with Crippen LogP contribution in [0.15, 0.2) is 142 Å². The van der Waals surface area contributed by atoms with Crippen molar-refractivity contribution in [1.29, 1.82) is 0 Å². The van der Waals surface area contributed by atoms with Gasteiger partial charge in [0.1, 0.15) is 23.8 Å². The monoisotopic (exact) mass is 930 g/mol. The smallest absolute Gasteiger partial charge is 0.338 e. The quantitative estimate of drug-likeness (QED) is 0.163. The lowest BCUT2D eigenvalue weighted by atomic mass is 9.57. The van der Waals surface area contributed by atoms with Crippen molar-refractivity contribution in [3.8, 4) is 0 Å². The summed E-state index contributed by atoms with van der Waals surface area (Å²) in [6, 6.07) is 40.4. The Balaban J connectivity index is 0.000000159. The van der Waals surface area contributed by atoms with E-state index in [2.05, 4.69) is 31.9 Å². The zero-order chi connectivity index (χ0) is 42.6. The van der Waals surface area contributed by atoms with E-state index in [-0.39, 0.29) is 47.8 Å². The van der Waals surface area contributed by atoms with Crippen molar-refractivity contribution < 1.29 is 38.2 Å². The number of fused-ring (bicyclic) bond motifs is 4. The van der Waals surface area contributed by atoms with Crippen molar-refractivity contribution in [2.75, 3.05) is 0 Å². The van der Waals surface area contributed by atoms with Crippen molar-refractivity contribution >= 4 is 66.9 Å². The lowest BCUT2D eigenvalue weighted by Crippen LogP contribution is -2.48. The second-order valence-corrected chi connectivity index (χ2v) is 18.1. The number of hydrogen-bond donors (Lipinski definition) is 0. The van der Waals surface area contributed by atoms with Gasteiger partial charge in [0.25, 0.3) is 0 Å². The van der Waals surface area contributed by atoms with Crippen molar-refractivity contribution in [2.24, 2.45) is 22.7 Å². The van der Waals surface area contributed by atoms with E-state index in [9.17, 15) is 28.8 Å². The van der Waals surface area contributed by atoms with Crippen LogP contribution in [0.25, 0.3) is 0 Å². The molecule has 0 heterocycles. The van der Waals surface area contributed by atoms with E-state index in [0.29, 0.717) is 59.1 Å². The molecule has 0 radical (unpaired) electrons. The van der Waals surface area contributed by atoms with Gasteiger partial charge in [0.15, 0.2) is 11.6 Å². The summed E-state index contributed by atoms with van der Waals surface area (Å²) in [4.78, 5) is 76.1. The number of Topliss-reactive ketones (excluding diaryl/α,β-unsaturated/α-hetero) is 4. The highest BCUT2D eigenvalue weighted by atomic mass is 79.9. The molecule has 0 aliphatic heterocycles. The van der Waals surface area contributed by atoms with Crippen molar-refractivity contribution in [2.45, 2.75) is 64.6 Å². The number of esters is 2. The van der Waals surface area contributed by atoms with Crippen molar-refractivity contribution in [3.05, 3.63) is 176 Å². The van der Waals surface area contributed by atoms with Gasteiger partial charge in [-0.3, -0.25) is 19.2 Å². The number of hydrogen-bond acceptors (Lipinski definition) is 8. The minimum absolute atomic E-state index is 0.0524. The Morgan fingerprint density at radius 3 is 1.18 bits per heavy atom. The summed E-state index contributed by atoms with van der Waals surface area (Å²) in [6.07, 6.45) is 1.06. The summed E-state index contributed by atoms with van der Waals surface area (Å²) in [7, 11) is 0. The van der Waals surface area contributed by atoms with Gasteiger partial charge < -0.3 is 9.47 Å². The number of carbonyl (C=O) groups is 6. The molecule has 306 valence electrons. The highest BCUT2D eigenvalue weighted by molar-refractivity contribution is 9.10. The average molecular weight is 933 g/mol. The number of carbonyl (C=O) groups excluding carboxylic acids is 6. The molecule has 0 spiro atoms. The molecule has 2 fully saturated rings. The molecule has 4 aliphatic carbocycles. The first-order valence-electron chi connectivity index (χ1n) is 20.0. The molecule has 2 saturated carbocycles. The molecule has 0 amide bonds. The normalized spacial score (nSPS) is 25.0. The van der Waals surface area contributed by atoms with Gasteiger partial charge in [-0.05, 0) is 61.4 Å². The van der Waals surface area contributed by atoms with E-state index in [1.807, 2.05) is 86.6 Å². The predicted octanol–water partition coefficient (Wildman–Crippen LogP) is 11.5. The van der Waals surface area contributed by atoms with E-state index in [1.54, 1.807) is 60.7 Å². The zero-order valence-corrected chi connectivity index (χ0v) is 36.4.